The third kappa shape index (κ3) is 8.11. The van der Waals surface area contributed by atoms with Crippen LogP contribution in [0.3, 0.4) is 0 Å². The van der Waals surface area contributed by atoms with Crippen LogP contribution in [0, 0.1) is 10.1 Å². The first-order valence-corrected chi connectivity index (χ1v) is 12.0. The van der Waals surface area contributed by atoms with Crippen molar-refractivity contribution < 1.29 is 33.6 Å². The Morgan fingerprint density at radius 1 is 0.895 bits per heavy atom. The standard InChI is InChI=1S/C25H19BrClN3O8/c26-17-8-4-16(5-9-17)25(34)29-12-22(32)28-13-23(33)37-14-21(31)15-6-10-18(11-7-15)38-24-19(27)2-1-3-20(24)30(35)36/h1-11H,12-14H2,(H,28,32)(H,29,34). The van der Waals surface area contributed by atoms with E-state index in [4.69, 9.17) is 21.1 Å². The molecule has 0 bridgehead atoms. The van der Waals surface area contributed by atoms with Crippen molar-refractivity contribution >= 4 is 56.8 Å². The Labute approximate surface area is 229 Å². The van der Waals surface area contributed by atoms with E-state index in [2.05, 4.69) is 26.6 Å². The van der Waals surface area contributed by atoms with Crippen LogP contribution in [0.15, 0.2) is 71.2 Å². The van der Waals surface area contributed by atoms with Gasteiger partial charge in [0.2, 0.25) is 11.7 Å². The molecule has 3 aromatic carbocycles. The zero-order chi connectivity index (χ0) is 27.7. The molecule has 0 fully saturated rings. The van der Waals surface area contributed by atoms with Crippen LogP contribution >= 0.6 is 27.5 Å². The number of hydrogen-bond donors (Lipinski definition) is 2. The van der Waals surface area contributed by atoms with E-state index in [1.807, 2.05) is 0 Å². The normalized spacial score (nSPS) is 10.3. The number of benzene rings is 3. The lowest BCUT2D eigenvalue weighted by molar-refractivity contribution is -0.385. The lowest BCUT2D eigenvalue weighted by Gasteiger charge is -2.09. The number of Topliss-reactive ketones (excluding diaryl/α,β-unsaturated/α-hetero) is 1. The first-order valence-electron chi connectivity index (χ1n) is 10.8. The van der Waals surface area contributed by atoms with Crippen molar-refractivity contribution in [3.8, 4) is 11.5 Å². The SMILES string of the molecule is O=C(CNC(=O)c1ccc(Br)cc1)NCC(=O)OCC(=O)c1ccc(Oc2c(Cl)cccc2[N+](=O)[O-])cc1. The molecule has 13 heteroatoms. The van der Waals surface area contributed by atoms with Crippen molar-refractivity contribution in [2.75, 3.05) is 19.7 Å². The summed E-state index contributed by atoms with van der Waals surface area (Å²) < 4.78 is 11.2. The summed E-state index contributed by atoms with van der Waals surface area (Å²) in [5.41, 5.74) is 0.242. The summed E-state index contributed by atoms with van der Waals surface area (Å²) in [7, 11) is 0. The molecule has 0 unspecified atom stereocenters. The van der Waals surface area contributed by atoms with Crippen molar-refractivity contribution in [1.29, 1.82) is 0 Å². The van der Waals surface area contributed by atoms with Crippen molar-refractivity contribution in [3.63, 3.8) is 0 Å². The fourth-order valence-electron chi connectivity index (χ4n) is 2.95. The van der Waals surface area contributed by atoms with Crippen molar-refractivity contribution in [2.24, 2.45) is 0 Å². The Hall–Kier alpha value is -4.29. The van der Waals surface area contributed by atoms with Crippen LogP contribution in [0.1, 0.15) is 20.7 Å². The fourth-order valence-corrected chi connectivity index (χ4v) is 3.42. The largest absolute Gasteiger partial charge is 0.456 e. The average Bonchev–Trinajstić information content (AvgIpc) is 2.91. The maximum absolute atomic E-state index is 12.3. The number of rotatable bonds is 11. The molecule has 0 saturated heterocycles. The summed E-state index contributed by atoms with van der Waals surface area (Å²) in [6.07, 6.45) is 0. The van der Waals surface area contributed by atoms with Gasteiger partial charge in [0.25, 0.3) is 5.91 Å². The fraction of sp³-hybridized carbons (Fsp3) is 0.120. The zero-order valence-corrected chi connectivity index (χ0v) is 21.8. The van der Waals surface area contributed by atoms with Gasteiger partial charge in [-0.3, -0.25) is 29.3 Å². The van der Waals surface area contributed by atoms with E-state index in [1.54, 1.807) is 24.3 Å². The summed E-state index contributed by atoms with van der Waals surface area (Å²) in [5.74, 6) is -2.39. The molecule has 0 aliphatic carbocycles. The number of carbonyl (C=O) groups excluding carboxylic acids is 4. The van der Waals surface area contributed by atoms with Crippen LogP contribution < -0.4 is 15.4 Å². The number of ether oxygens (including phenoxy) is 2. The van der Waals surface area contributed by atoms with Crippen LogP contribution in [0.2, 0.25) is 5.02 Å². The minimum atomic E-state index is -0.850. The monoisotopic (exact) mass is 603 g/mol. The first-order chi connectivity index (χ1) is 18.1. The van der Waals surface area contributed by atoms with Gasteiger partial charge in [0.1, 0.15) is 12.3 Å². The van der Waals surface area contributed by atoms with Crippen LogP contribution in [0.4, 0.5) is 5.69 Å². The summed E-state index contributed by atoms with van der Waals surface area (Å²) >= 11 is 9.26. The van der Waals surface area contributed by atoms with Crippen LogP contribution in [-0.2, 0) is 14.3 Å². The van der Waals surface area contributed by atoms with Crippen molar-refractivity contribution in [3.05, 3.63) is 97.5 Å². The maximum Gasteiger partial charge on any atom is 0.325 e. The first kappa shape index (κ1) is 28.3. The smallest absolute Gasteiger partial charge is 0.325 e. The quantitative estimate of drug-likeness (QED) is 0.144. The third-order valence-corrected chi connectivity index (χ3v) is 5.68. The highest BCUT2D eigenvalue weighted by atomic mass is 79.9. The number of nitro benzene ring substituents is 1. The highest BCUT2D eigenvalue weighted by Crippen LogP contribution is 2.37. The number of ketones is 1. The zero-order valence-electron chi connectivity index (χ0n) is 19.4. The summed E-state index contributed by atoms with van der Waals surface area (Å²) in [6, 6.07) is 16.2. The van der Waals surface area contributed by atoms with Gasteiger partial charge in [0.05, 0.1) is 16.5 Å². The predicted molar refractivity (Wildman–Crippen MR) is 139 cm³/mol. The molecule has 2 amide bonds. The molecular formula is C25H19BrClN3O8. The minimum Gasteiger partial charge on any atom is -0.456 e. The van der Waals surface area contributed by atoms with E-state index in [0.717, 1.165) is 4.47 Å². The van der Waals surface area contributed by atoms with Gasteiger partial charge < -0.3 is 20.1 Å². The lowest BCUT2D eigenvalue weighted by atomic mass is 10.1. The van der Waals surface area contributed by atoms with E-state index in [9.17, 15) is 29.3 Å². The van der Waals surface area contributed by atoms with Crippen LogP contribution in [0.5, 0.6) is 11.5 Å². The lowest BCUT2D eigenvalue weighted by Crippen LogP contribution is -2.39. The van der Waals surface area contributed by atoms with E-state index < -0.39 is 41.6 Å². The topological polar surface area (TPSA) is 154 Å². The Morgan fingerprint density at radius 3 is 2.21 bits per heavy atom. The number of nitrogens with zero attached hydrogens (tertiary/aromatic N) is 1. The molecule has 3 aromatic rings. The molecule has 3 rings (SSSR count). The van der Waals surface area contributed by atoms with E-state index in [1.165, 1.54) is 42.5 Å². The summed E-state index contributed by atoms with van der Waals surface area (Å²) in [4.78, 5) is 58.6. The van der Waals surface area contributed by atoms with Gasteiger partial charge in [-0.05, 0) is 54.6 Å². The molecule has 38 heavy (non-hydrogen) atoms. The number of carbonyl (C=O) groups is 4. The number of halogens is 2. The highest BCUT2D eigenvalue weighted by molar-refractivity contribution is 9.10. The van der Waals surface area contributed by atoms with E-state index in [0.29, 0.717) is 5.56 Å². The second-order valence-electron chi connectivity index (χ2n) is 7.52. The molecule has 0 saturated carbocycles. The van der Waals surface area contributed by atoms with Gasteiger partial charge in [0, 0.05) is 21.7 Å². The van der Waals surface area contributed by atoms with Gasteiger partial charge in [-0.15, -0.1) is 0 Å². The molecule has 0 aliphatic heterocycles. The molecule has 0 radical (unpaired) electrons. The molecule has 0 aliphatic rings. The molecule has 0 spiro atoms. The maximum atomic E-state index is 12.3. The van der Waals surface area contributed by atoms with Gasteiger partial charge in [-0.25, -0.2) is 0 Å². The molecule has 196 valence electrons. The molecule has 0 atom stereocenters. The van der Waals surface area contributed by atoms with Crippen molar-refractivity contribution in [1.82, 2.24) is 10.6 Å². The Bertz CT molecular complexity index is 1360. The number of para-hydroxylation sites is 1. The number of nitro groups is 1. The second-order valence-corrected chi connectivity index (χ2v) is 8.84. The van der Waals surface area contributed by atoms with E-state index in [-0.39, 0.29) is 34.3 Å². The van der Waals surface area contributed by atoms with Gasteiger partial charge in [0.15, 0.2) is 12.4 Å². The van der Waals surface area contributed by atoms with Gasteiger partial charge in [-0.1, -0.05) is 33.6 Å². The molecule has 2 N–H and O–H groups in total. The number of nitrogens with one attached hydrogen (secondary N) is 2. The summed E-state index contributed by atoms with van der Waals surface area (Å²) in [5, 5.41) is 15.9. The highest BCUT2D eigenvalue weighted by Gasteiger charge is 2.19. The Kier molecular flexibility index (Phi) is 9.91. The Morgan fingerprint density at radius 2 is 1.55 bits per heavy atom. The predicted octanol–water partition coefficient (Wildman–Crippen LogP) is 4.08. The number of esters is 1. The summed E-state index contributed by atoms with van der Waals surface area (Å²) in [6.45, 7) is -1.43. The van der Waals surface area contributed by atoms with Gasteiger partial charge >= 0.3 is 11.7 Å². The molecule has 0 heterocycles. The molecule has 11 nitrogen and oxygen atoms in total. The minimum absolute atomic E-state index is 0.0466. The average molecular weight is 605 g/mol. The Balaban J connectivity index is 1.42. The van der Waals surface area contributed by atoms with Crippen LogP contribution in [-0.4, -0.2) is 48.2 Å². The van der Waals surface area contributed by atoms with E-state index >= 15 is 0 Å². The number of amides is 2. The third-order valence-electron chi connectivity index (χ3n) is 4.85. The van der Waals surface area contributed by atoms with Gasteiger partial charge in [-0.2, -0.15) is 0 Å². The molecular weight excluding hydrogens is 586 g/mol. The van der Waals surface area contributed by atoms with Crippen LogP contribution in [0.25, 0.3) is 0 Å². The second kappa shape index (κ2) is 13.3. The molecule has 0 aromatic heterocycles. The van der Waals surface area contributed by atoms with Crippen molar-refractivity contribution in [2.45, 2.75) is 0 Å². The number of hydrogen-bond acceptors (Lipinski definition) is 8.